The Balaban J connectivity index is 1.72. The van der Waals surface area contributed by atoms with E-state index in [1.165, 1.54) is 17.3 Å². The zero-order valence-electron chi connectivity index (χ0n) is 14.0. The van der Waals surface area contributed by atoms with Crippen molar-refractivity contribution >= 4 is 23.3 Å². The molecule has 2 rings (SSSR count). The number of fused-ring (bicyclic) bond motifs is 1. The predicted octanol–water partition coefficient (Wildman–Crippen LogP) is 2.40. The number of aliphatic hydroxyl groups excluding tert-OH is 1. The number of carbonyl (C=O) groups excluding carboxylic acids is 1. The number of aromatic nitrogens is 2. The Morgan fingerprint density at radius 2 is 2.17 bits per heavy atom. The largest absolute Gasteiger partial charge is 0.391 e. The second kappa shape index (κ2) is 8.36. The molecular weight excluding hydrogens is 310 g/mol. The number of pyridine rings is 1. The molecule has 1 atom stereocenters. The third-order valence-electron chi connectivity index (χ3n) is 3.41. The molecule has 0 spiro atoms. The number of hydrogen-bond acceptors (Lipinski definition) is 4. The van der Waals surface area contributed by atoms with E-state index >= 15 is 0 Å². The van der Waals surface area contributed by atoms with Crippen molar-refractivity contribution in [1.82, 2.24) is 14.7 Å². The summed E-state index contributed by atoms with van der Waals surface area (Å²) < 4.78 is 2.01. The Labute approximate surface area is 141 Å². The van der Waals surface area contributed by atoms with Gasteiger partial charge < -0.3 is 14.8 Å². The maximum atomic E-state index is 11.8. The van der Waals surface area contributed by atoms with Crippen molar-refractivity contribution in [2.75, 3.05) is 12.3 Å². The zero-order chi connectivity index (χ0) is 16.8. The fourth-order valence-electron chi connectivity index (χ4n) is 2.38. The van der Waals surface area contributed by atoms with Crippen LogP contribution in [-0.2, 0) is 10.5 Å². The molecule has 2 aromatic heterocycles. The average Bonchev–Trinajstić information content (AvgIpc) is 2.86. The van der Waals surface area contributed by atoms with Gasteiger partial charge in [0.05, 0.1) is 17.6 Å². The van der Waals surface area contributed by atoms with E-state index in [9.17, 15) is 9.90 Å². The van der Waals surface area contributed by atoms with Gasteiger partial charge in [-0.1, -0.05) is 19.9 Å². The molecule has 2 N–H and O–H groups in total. The number of rotatable bonds is 8. The van der Waals surface area contributed by atoms with Crippen LogP contribution in [0.3, 0.4) is 0 Å². The summed E-state index contributed by atoms with van der Waals surface area (Å²) in [6.07, 6.45) is 4.28. The van der Waals surface area contributed by atoms with Crippen LogP contribution < -0.4 is 5.32 Å². The Kier molecular flexibility index (Phi) is 6.47. The van der Waals surface area contributed by atoms with Gasteiger partial charge in [0.2, 0.25) is 5.91 Å². The standard InChI is InChI=1S/C17H25N3O2S/c1-12(2)6-15(21)7-18-17(22)11-23-10-14-9-20-8-13(3)4-5-16(20)19-14/h4-5,8-9,12,15,21H,6-7,10-11H2,1-3H3,(H,18,22). The number of aliphatic hydroxyl groups is 1. The van der Waals surface area contributed by atoms with Gasteiger partial charge in [-0.15, -0.1) is 11.8 Å². The molecular formula is C17H25N3O2S. The first-order valence-electron chi connectivity index (χ1n) is 7.91. The van der Waals surface area contributed by atoms with Crippen LogP contribution in [0.1, 0.15) is 31.5 Å². The van der Waals surface area contributed by atoms with E-state index in [1.54, 1.807) is 0 Å². The molecule has 5 nitrogen and oxygen atoms in total. The summed E-state index contributed by atoms with van der Waals surface area (Å²) in [5.74, 6) is 1.46. The van der Waals surface area contributed by atoms with Gasteiger partial charge in [-0.3, -0.25) is 4.79 Å². The van der Waals surface area contributed by atoms with Gasteiger partial charge in [-0.05, 0) is 30.9 Å². The quantitative estimate of drug-likeness (QED) is 0.777. The van der Waals surface area contributed by atoms with Gasteiger partial charge in [-0.2, -0.15) is 0 Å². The number of imidazole rings is 1. The van der Waals surface area contributed by atoms with Crippen LogP contribution in [0.2, 0.25) is 0 Å². The molecule has 2 heterocycles. The summed E-state index contributed by atoms with van der Waals surface area (Å²) in [6.45, 7) is 6.48. The number of hydrogen-bond donors (Lipinski definition) is 2. The highest BCUT2D eigenvalue weighted by molar-refractivity contribution is 7.99. The van der Waals surface area contributed by atoms with E-state index in [1.807, 2.05) is 35.9 Å². The summed E-state index contributed by atoms with van der Waals surface area (Å²) in [7, 11) is 0. The minimum Gasteiger partial charge on any atom is -0.391 e. The van der Waals surface area contributed by atoms with E-state index in [0.717, 1.165) is 11.3 Å². The lowest BCUT2D eigenvalue weighted by Crippen LogP contribution is -2.33. The fourth-order valence-corrected chi connectivity index (χ4v) is 3.12. The number of carbonyl (C=O) groups is 1. The zero-order valence-corrected chi connectivity index (χ0v) is 14.8. The normalized spacial score (nSPS) is 12.7. The Morgan fingerprint density at radius 3 is 2.91 bits per heavy atom. The van der Waals surface area contributed by atoms with Crippen molar-refractivity contribution in [3.05, 3.63) is 35.8 Å². The predicted molar refractivity (Wildman–Crippen MR) is 94.6 cm³/mol. The number of nitrogens with one attached hydrogen (secondary N) is 1. The third-order valence-corrected chi connectivity index (χ3v) is 4.38. The van der Waals surface area contributed by atoms with E-state index in [4.69, 9.17) is 0 Å². The summed E-state index contributed by atoms with van der Waals surface area (Å²) in [5, 5.41) is 12.5. The Morgan fingerprint density at radius 1 is 1.39 bits per heavy atom. The molecule has 0 aliphatic heterocycles. The van der Waals surface area contributed by atoms with Crippen LogP contribution in [0.5, 0.6) is 0 Å². The Hall–Kier alpha value is -1.53. The summed E-state index contributed by atoms with van der Waals surface area (Å²) in [6, 6.07) is 4.03. The fraction of sp³-hybridized carbons (Fsp3) is 0.529. The molecule has 23 heavy (non-hydrogen) atoms. The van der Waals surface area contributed by atoms with Gasteiger partial charge in [0, 0.05) is 24.7 Å². The van der Waals surface area contributed by atoms with Crippen molar-refractivity contribution in [2.24, 2.45) is 5.92 Å². The lowest BCUT2D eigenvalue weighted by atomic mass is 10.1. The van der Waals surface area contributed by atoms with Gasteiger partial charge in [0.25, 0.3) is 0 Å². The number of amides is 1. The topological polar surface area (TPSA) is 66.6 Å². The SMILES string of the molecule is Cc1ccc2nc(CSCC(=O)NCC(O)CC(C)C)cn2c1. The van der Waals surface area contributed by atoms with Crippen LogP contribution >= 0.6 is 11.8 Å². The maximum Gasteiger partial charge on any atom is 0.230 e. The lowest BCUT2D eigenvalue weighted by Gasteiger charge is -2.13. The van der Waals surface area contributed by atoms with Crippen LogP contribution in [0.4, 0.5) is 0 Å². The smallest absolute Gasteiger partial charge is 0.230 e. The molecule has 1 amide bonds. The Bertz CT molecular complexity index is 654. The first-order valence-corrected chi connectivity index (χ1v) is 9.06. The van der Waals surface area contributed by atoms with E-state index < -0.39 is 6.10 Å². The summed E-state index contributed by atoms with van der Waals surface area (Å²) in [4.78, 5) is 16.3. The molecule has 1 unspecified atom stereocenters. The third kappa shape index (κ3) is 5.88. The van der Waals surface area contributed by atoms with Crippen molar-refractivity contribution in [3.63, 3.8) is 0 Å². The highest BCUT2D eigenvalue weighted by Gasteiger charge is 2.09. The van der Waals surface area contributed by atoms with Crippen LogP contribution in [-0.4, -0.2) is 38.8 Å². The van der Waals surface area contributed by atoms with Crippen molar-refractivity contribution in [3.8, 4) is 0 Å². The first kappa shape index (κ1) is 17.8. The summed E-state index contributed by atoms with van der Waals surface area (Å²) in [5.41, 5.74) is 3.08. The molecule has 6 heteroatoms. The minimum atomic E-state index is -0.467. The van der Waals surface area contributed by atoms with E-state index in [0.29, 0.717) is 30.4 Å². The molecule has 0 fully saturated rings. The minimum absolute atomic E-state index is 0.0441. The molecule has 2 aromatic rings. The number of aryl methyl sites for hydroxylation is 1. The van der Waals surface area contributed by atoms with Crippen molar-refractivity contribution in [1.29, 1.82) is 0 Å². The second-order valence-corrected chi connectivity index (χ2v) is 7.27. The molecule has 0 bridgehead atoms. The monoisotopic (exact) mass is 335 g/mol. The first-order chi connectivity index (χ1) is 10.9. The number of thioether (sulfide) groups is 1. The van der Waals surface area contributed by atoms with Gasteiger partial charge >= 0.3 is 0 Å². The van der Waals surface area contributed by atoms with Crippen LogP contribution in [0, 0.1) is 12.8 Å². The molecule has 0 aromatic carbocycles. The molecule has 0 aliphatic rings. The molecule has 0 radical (unpaired) electrons. The molecule has 0 saturated carbocycles. The lowest BCUT2D eigenvalue weighted by molar-refractivity contribution is -0.119. The molecule has 0 saturated heterocycles. The summed E-state index contributed by atoms with van der Waals surface area (Å²) >= 11 is 1.53. The molecule has 126 valence electrons. The van der Waals surface area contributed by atoms with Crippen LogP contribution in [0.15, 0.2) is 24.5 Å². The van der Waals surface area contributed by atoms with Crippen molar-refractivity contribution in [2.45, 2.75) is 39.0 Å². The van der Waals surface area contributed by atoms with Gasteiger partial charge in [-0.25, -0.2) is 4.98 Å². The second-order valence-electron chi connectivity index (χ2n) is 6.28. The highest BCUT2D eigenvalue weighted by atomic mass is 32.2. The van der Waals surface area contributed by atoms with Gasteiger partial charge in [0.15, 0.2) is 0 Å². The van der Waals surface area contributed by atoms with Gasteiger partial charge in [0.1, 0.15) is 5.65 Å². The highest BCUT2D eigenvalue weighted by Crippen LogP contribution is 2.13. The van der Waals surface area contributed by atoms with Crippen molar-refractivity contribution < 1.29 is 9.90 Å². The van der Waals surface area contributed by atoms with E-state index in [2.05, 4.69) is 24.1 Å². The van der Waals surface area contributed by atoms with E-state index in [-0.39, 0.29) is 5.91 Å². The molecule has 0 aliphatic carbocycles. The maximum absolute atomic E-state index is 11.8. The number of nitrogens with zero attached hydrogens (tertiary/aromatic N) is 2. The van der Waals surface area contributed by atoms with Crippen LogP contribution in [0.25, 0.3) is 5.65 Å². The average molecular weight is 335 g/mol.